The van der Waals surface area contributed by atoms with Gasteiger partial charge in [-0.2, -0.15) is 0 Å². The lowest BCUT2D eigenvalue weighted by Crippen LogP contribution is -2.26. The first-order valence-electron chi connectivity index (χ1n) is 10.1. The van der Waals surface area contributed by atoms with Crippen LogP contribution in [0.1, 0.15) is 39.4 Å². The van der Waals surface area contributed by atoms with Crippen LogP contribution in [0.15, 0.2) is 66.7 Å². The largest absolute Gasteiger partial charge is 0.478 e. The topological polar surface area (TPSA) is 75.6 Å². The van der Waals surface area contributed by atoms with Crippen LogP contribution in [0.5, 0.6) is 0 Å². The van der Waals surface area contributed by atoms with E-state index in [1.54, 1.807) is 0 Å². The maximum atomic E-state index is 13.7. The number of carbonyl (C=O) groups excluding carboxylic acids is 1. The fourth-order valence-electron chi connectivity index (χ4n) is 3.81. The highest BCUT2D eigenvalue weighted by Crippen LogP contribution is 2.44. The summed E-state index contributed by atoms with van der Waals surface area (Å²) in [6, 6.07) is 19.9. The number of carbonyl (C=O) groups is 2. The van der Waals surface area contributed by atoms with Gasteiger partial charge in [0.05, 0.1) is 5.56 Å². The van der Waals surface area contributed by atoms with Crippen LogP contribution in [0.4, 0.5) is 9.18 Å². The molecule has 0 spiro atoms. The van der Waals surface area contributed by atoms with E-state index in [0.717, 1.165) is 17.2 Å². The van der Waals surface area contributed by atoms with E-state index in [4.69, 9.17) is 9.84 Å². The number of alkyl carbamates (subject to hydrolysis) is 1. The lowest BCUT2D eigenvalue weighted by molar-refractivity contribution is 0.0691. The highest BCUT2D eigenvalue weighted by molar-refractivity contribution is 5.88. The fraction of sp³-hybridized carbons (Fsp3) is 0.154. The monoisotopic (exact) mass is 429 g/mol. The second kappa shape index (κ2) is 9.36. The molecule has 0 bridgehead atoms. The summed E-state index contributed by atoms with van der Waals surface area (Å²) in [6.07, 6.45) is -0.183. The van der Waals surface area contributed by atoms with E-state index >= 15 is 0 Å². The maximum absolute atomic E-state index is 13.7. The average molecular weight is 429 g/mol. The Morgan fingerprint density at radius 2 is 1.66 bits per heavy atom. The molecule has 1 aliphatic carbocycles. The molecule has 0 fully saturated rings. The summed E-state index contributed by atoms with van der Waals surface area (Å²) in [4.78, 5) is 22.9. The van der Waals surface area contributed by atoms with Crippen molar-refractivity contribution < 1.29 is 23.8 Å². The van der Waals surface area contributed by atoms with Crippen LogP contribution in [-0.4, -0.2) is 30.3 Å². The second-order valence-electron chi connectivity index (χ2n) is 7.30. The molecule has 4 rings (SSSR count). The Morgan fingerprint density at radius 3 is 2.28 bits per heavy atom. The molecule has 160 valence electrons. The van der Waals surface area contributed by atoms with Crippen LogP contribution in [0, 0.1) is 17.7 Å². The number of carboxylic acid groups (broad SMARTS) is 1. The molecule has 0 heterocycles. The van der Waals surface area contributed by atoms with Gasteiger partial charge >= 0.3 is 12.1 Å². The van der Waals surface area contributed by atoms with Gasteiger partial charge in [0, 0.05) is 24.4 Å². The van der Waals surface area contributed by atoms with E-state index in [1.165, 1.54) is 23.3 Å². The molecule has 1 amide bonds. The van der Waals surface area contributed by atoms with Crippen molar-refractivity contribution in [2.75, 3.05) is 13.2 Å². The number of benzene rings is 3. The quantitative estimate of drug-likeness (QED) is 0.451. The molecule has 0 saturated heterocycles. The molecule has 1 aliphatic rings. The zero-order chi connectivity index (χ0) is 22.5. The van der Waals surface area contributed by atoms with Gasteiger partial charge in [0.25, 0.3) is 0 Å². The summed E-state index contributed by atoms with van der Waals surface area (Å²) >= 11 is 0. The van der Waals surface area contributed by atoms with Crippen LogP contribution < -0.4 is 5.32 Å². The molecule has 0 radical (unpaired) electrons. The number of nitrogens with one attached hydrogen (secondary N) is 1. The number of ether oxygens (including phenoxy) is 1. The van der Waals surface area contributed by atoms with Crippen molar-refractivity contribution in [1.29, 1.82) is 0 Å². The van der Waals surface area contributed by atoms with Gasteiger partial charge in [-0.3, -0.25) is 0 Å². The Balaban J connectivity index is 1.28. The predicted molar refractivity (Wildman–Crippen MR) is 118 cm³/mol. The lowest BCUT2D eigenvalue weighted by atomic mass is 9.98. The molecule has 3 aromatic carbocycles. The SMILES string of the molecule is O=C(NCCC#Cc1ccc(C(=O)O)c(F)c1)OCC1c2ccccc2-c2ccccc21. The zero-order valence-corrected chi connectivity index (χ0v) is 17.1. The van der Waals surface area contributed by atoms with Crippen molar-refractivity contribution in [3.05, 3.63) is 94.8 Å². The van der Waals surface area contributed by atoms with Crippen LogP contribution in [0.2, 0.25) is 0 Å². The Bertz CT molecular complexity index is 1200. The minimum absolute atomic E-state index is 0.00314. The summed E-state index contributed by atoms with van der Waals surface area (Å²) in [5.74, 6) is 3.41. The van der Waals surface area contributed by atoms with E-state index in [1.807, 2.05) is 24.3 Å². The van der Waals surface area contributed by atoms with Crippen molar-refractivity contribution in [3.8, 4) is 23.0 Å². The number of hydrogen-bond donors (Lipinski definition) is 2. The Hall–Kier alpha value is -4.11. The lowest BCUT2D eigenvalue weighted by Gasteiger charge is -2.14. The summed E-state index contributed by atoms with van der Waals surface area (Å²) in [5, 5.41) is 11.5. The third-order valence-corrected chi connectivity index (χ3v) is 5.30. The molecule has 32 heavy (non-hydrogen) atoms. The van der Waals surface area contributed by atoms with E-state index in [2.05, 4.69) is 41.4 Å². The van der Waals surface area contributed by atoms with Crippen molar-refractivity contribution in [1.82, 2.24) is 5.32 Å². The van der Waals surface area contributed by atoms with Crippen molar-refractivity contribution >= 4 is 12.1 Å². The molecular weight excluding hydrogens is 409 g/mol. The summed E-state index contributed by atoms with van der Waals surface area (Å²) in [6.45, 7) is 0.514. The molecule has 2 N–H and O–H groups in total. The number of rotatable bonds is 5. The van der Waals surface area contributed by atoms with Crippen molar-refractivity contribution in [2.24, 2.45) is 0 Å². The smallest absolute Gasteiger partial charge is 0.407 e. The van der Waals surface area contributed by atoms with Gasteiger partial charge in [-0.25, -0.2) is 14.0 Å². The third-order valence-electron chi connectivity index (χ3n) is 5.30. The molecule has 0 saturated carbocycles. The van der Waals surface area contributed by atoms with Gasteiger partial charge in [0.2, 0.25) is 0 Å². The predicted octanol–water partition coefficient (Wildman–Crippen LogP) is 4.80. The maximum Gasteiger partial charge on any atom is 0.407 e. The van der Waals surface area contributed by atoms with Gasteiger partial charge in [-0.05, 0) is 40.5 Å². The molecule has 0 aromatic heterocycles. The van der Waals surface area contributed by atoms with Gasteiger partial charge < -0.3 is 15.2 Å². The number of carboxylic acids is 1. The van der Waals surface area contributed by atoms with Crippen LogP contribution in [0.3, 0.4) is 0 Å². The fourth-order valence-corrected chi connectivity index (χ4v) is 3.81. The number of hydrogen-bond acceptors (Lipinski definition) is 3. The normalized spacial score (nSPS) is 11.7. The zero-order valence-electron chi connectivity index (χ0n) is 17.1. The van der Waals surface area contributed by atoms with Crippen LogP contribution >= 0.6 is 0 Å². The minimum Gasteiger partial charge on any atom is -0.478 e. The van der Waals surface area contributed by atoms with Crippen LogP contribution in [-0.2, 0) is 4.74 Å². The first kappa shape index (κ1) is 21.1. The molecule has 0 aliphatic heterocycles. The Morgan fingerprint density at radius 1 is 1.00 bits per heavy atom. The number of fused-ring (bicyclic) bond motifs is 3. The molecule has 5 nitrogen and oxygen atoms in total. The first-order valence-corrected chi connectivity index (χ1v) is 10.1. The van der Waals surface area contributed by atoms with Gasteiger partial charge in [-0.15, -0.1) is 0 Å². The first-order chi connectivity index (χ1) is 15.5. The number of aromatic carboxylic acids is 1. The summed E-state index contributed by atoms with van der Waals surface area (Å²) in [5.41, 5.74) is 4.60. The molecule has 3 aromatic rings. The van der Waals surface area contributed by atoms with E-state index in [9.17, 15) is 14.0 Å². The minimum atomic E-state index is -1.32. The molecule has 0 atom stereocenters. The average Bonchev–Trinajstić information content (AvgIpc) is 3.11. The van der Waals surface area contributed by atoms with Gasteiger partial charge in [0.15, 0.2) is 0 Å². The number of amides is 1. The number of halogens is 1. The molecular formula is C26H20FNO4. The Labute approximate surface area is 184 Å². The van der Waals surface area contributed by atoms with Gasteiger partial charge in [-0.1, -0.05) is 60.4 Å². The van der Waals surface area contributed by atoms with E-state index in [-0.39, 0.29) is 19.1 Å². The summed E-state index contributed by atoms with van der Waals surface area (Å²) < 4.78 is 19.1. The van der Waals surface area contributed by atoms with Crippen molar-refractivity contribution in [3.63, 3.8) is 0 Å². The second-order valence-corrected chi connectivity index (χ2v) is 7.30. The van der Waals surface area contributed by atoms with Crippen molar-refractivity contribution in [2.45, 2.75) is 12.3 Å². The standard InChI is InChI=1S/C26H20FNO4/c27-24-15-17(12-13-22(24)25(29)30)7-5-6-14-28-26(31)32-16-23-20-10-3-1-8-18(20)19-9-2-4-11-21(19)23/h1-4,8-13,15,23H,6,14,16H2,(H,28,31)(H,29,30). The Kier molecular flexibility index (Phi) is 6.18. The highest BCUT2D eigenvalue weighted by atomic mass is 19.1. The molecule has 0 unspecified atom stereocenters. The third kappa shape index (κ3) is 4.47. The van der Waals surface area contributed by atoms with Crippen LogP contribution in [0.25, 0.3) is 11.1 Å². The van der Waals surface area contributed by atoms with Gasteiger partial charge in [0.1, 0.15) is 12.4 Å². The molecule has 6 heteroatoms. The van der Waals surface area contributed by atoms with E-state index in [0.29, 0.717) is 12.0 Å². The van der Waals surface area contributed by atoms with E-state index < -0.39 is 23.4 Å². The summed E-state index contributed by atoms with van der Waals surface area (Å²) in [7, 11) is 0. The highest BCUT2D eigenvalue weighted by Gasteiger charge is 2.28.